The molecule has 0 unspecified atom stereocenters. The van der Waals surface area contributed by atoms with E-state index in [1.54, 1.807) is 0 Å². The molecule has 13 heavy (non-hydrogen) atoms. The molecule has 2 rings (SSSR count). The van der Waals surface area contributed by atoms with Crippen molar-refractivity contribution in [3.8, 4) is 0 Å². The van der Waals surface area contributed by atoms with Crippen molar-refractivity contribution in [1.82, 2.24) is 0 Å². The maximum atomic E-state index is 10.9. The summed E-state index contributed by atoms with van der Waals surface area (Å²) < 4.78 is 4.91. The Hall–Kier alpha value is -0.610. The topological polar surface area (TPSA) is 66.8 Å². The van der Waals surface area contributed by atoms with Gasteiger partial charge in [-0.3, -0.25) is 4.79 Å². The lowest BCUT2D eigenvalue weighted by atomic mass is 9.87. The lowest BCUT2D eigenvalue weighted by Crippen LogP contribution is -2.33. The number of carbonyl (C=O) groups excluding carboxylic acids is 1. The summed E-state index contributed by atoms with van der Waals surface area (Å²) >= 11 is 0. The first kappa shape index (κ1) is 8.97. The van der Waals surface area contributed by atoms with Crippen molar-refractivity contribution in [3.63, 3.8) is 0 Å². The van der Waals surface area contributed by atoms with Crippen molar-refractivity contribution in [2.45, 2.75) is 18.9 Å². The molecular weight excluding hydrogens is 172 g/mol. The molecular formula is C9H14O4. The number of hydrogen-bond acceptors (Lipinski definition) is 4. The Bertz CT molecular complexity index is 216. The van der Waals surface area contributed by atoms with Gasteiger partial charge in [-0.2, -0.15) is 0 Å². The van der Waals surface area contributed by atoms with Crippen LogP contribution >= 0.6 is 0 Å². The number of fused-ring (bicyclic) bond motifs is 1. The van der Waals surface area contributed by atoms with Gasteiger partial charge in [-0.1, -0.05) is 0 Å². The Morgan fingerprint density at radius 3 is 3.00 bits per heavy atom. The molecule has 2 N–H and O–H groups in total. The molecule has 1 aliphatic heterocycles. The van der Waals surface area contributed by atoms with Gasteiger partial charge in [-0.15, -0.1) is 0 Å². The molecule has 0 radical (unpaired) electrons. The lowest BCUT2D eigenvalue weighted by Gasteiger charge is -2.27. The van der Waals surface area contributed by atoms with E-state index < -0.39 is 6.10 Å². The van der Waals surface area contributed by atoms with Crippen molar-refractivity contribution >= 4 is 5.97 Å². The van der Waals surface area contributed by atoms with Crippen LogP contribution in [-0.4, -0.2) is 35.5 Å². The standard InChI is InChI=1S/C9H14O4/c10-3-6-7-4-13-9(12)2-5(7)1-8(6)11/h5-8,10-11H,1-4H2/t5-,6-,7+,8+/m0/s1. The van der Waals surface area contributed by atoms with Crippen LogP contribution < -0.4 is 0 Å². The highest BCUT2D eigenvalue weighted by atomic mass is 16.5. The molecule has 0 aromatic heterocycles. The summed E-state index contributed by atoms with van der Waals surface area (Å²) in [5.74, 6) is 0.108. The summed E-state index contributed by atoms with van der Waals surface area (Å²) in [5, 5.41) is 18.6. The van der Waals surface area contributed by atoms with Gasteiger partial charge in [0.15, 0.2) is 0 Å². The third-order valence-corrected chi connectivity index (χ3v) is 3.27. The monoisotopic (exact) mass is 186 g/mol. The minimum atomic E-state index is -0.463. The average molecular weight is 186 g/mol. The van der Waals surface area contributed by atoms with Crippen LogP contribution in [0.15, 0.2) is 0 Å². The van der Waals surface area contributed by atoms with Gasteiger partial charge in [0.05, 0.1) is 12.7 Å². The largest absolute Gasteiger partial charge is 0.465 e. The fourth-order valence-electron chi connectivity index (χ4n) is 2.51. The first-order valence-corrected chi connectivity index (χ1v) is 4.67. The van der Waals surface area contributed by atoms with Crippen molar-refractivity contribution < 1.29 is 19.7 Å². The zero-order chi connectivity index (χ0) is 9.42. The lowest BCUT2D eigenvalue weighted by molar-refractivity contribution is -0.153. The molecule has 1 aliphatic carbocycles. The maximum absolute atomic E-state index is 10.9. The number of rotatable bonds is 1. The predicted octanol–water partition coefficient (Wildman–Crippen LogP) is -0.461. The van der Waals surface area contributed by atoms with Crippen LogP contribution in [0.25, 0.3) is 0 Å². The number of aliphatic hydroxyl groups excluding tert-OH is 2. The number of aliphatic hydroxyl groups is 2. The highest BCUT2D eigenvalue weighted by Crippen LogP contribution is 2.41. The molecule has 4 atom stereocenters. The van der Waals surface area contributed by atoms with E-state index in [-0.39, 0.29) is 30.3 Å². The second kappa shape index (κ2) is 3.27. The van der Waals surface area contributed by atoms with Crippen LogP contribution in [0.4, 0.5) is 0 Å². The van der Waals surface area contributed by atoms with Gasteiger partial charge in [0.1, 0.15) is 0 Å². The first-order valence-electron chi connectivity index (χ1n) is 4.67. The van der Waals surface area contributed by atoms with E-state index in [2.05, 4.69) is 0 Å². The predicted molar refractivity (Wildman–Crippen MR) is 43.8 cm³/mol. The van der Waals surface area contributed by atoms with E-state index in [0.717, 1.165) is 0 Å². The van der Waals surface area contributed by atoms with E-state index in [0.29, 0.717) is 19.4 Å². The first-order chi connectivity index (χ1) is 6.22. The van der Waals surface area contributed by atoms with E-state index in [1.165, 1.54) is 0 Å². The molecule has 0 aromatic rings. The van der Waals surface area contributed by atoms with Crippen LogP contribution in [-0.2, 0) is 9.53 Å². The van der Waals surface area contributed by atoms with Crippen molar-refractivity contribution in [3.05, 3.63) is 0 Å². The highest BCUT2D eigenvalue weighted by molar-refractivity contribution is 5.70. The average Bonchev–Trinajstić information content (AvgIpc) is 2.39. The van der Waals surface area contributed by atoms with E-state index in [9.17, 15) is 9.90 Å². The smallest absolute Gasteiger partial charge is 0.306 e. The van der Waals surface area contributed by atoms with Gasteiger partial charge in [-0.05, 0) is 12.3 Å². The van der Waals surface area contributed by atoms with Gasteiger partial charge in [0.2, 0.25) is 0 Å². The minimum Gasteiger partial charge on any atom is -0.465 e. The number of carbonyl (C=O) groups is 1. The second-order valence-electron chi connectivity index (χ2n) is 3.96. The van der Waals surface area contributed by atoms with E-state index >= 15 is 0 Å². The van der Waals surface area contributed by atoms with E-state index in [1.807, 2.05) is 0 Å². The Morgan fingerprint density at radius 1 is 1.54 bits per heavy atom. The normalized spacial score (nSPS) is 44.3. The fraction of sp³-hybridized carbons (Fsp3) is 0.889. The number of ether oxygens (including phenoxy) is 1. The molecule has 4 nitrogen and oxygen atoms in total. The van der Waals surface area contributed by atoms with Gasteiger partial charge in [0.25, 0.3) is 0 Å². The van der Waals surface area contributed by atoms with Crippen molar-refractivity contribution in [2.75, 3.05) is 13.2 Å². The second-order valence-corrected chi connectivity index (χ2v) is 3.96. The quantitative estimate of drug-likeness (QED) is 0.544. The molecule has 1 heterocycles. The summed E-state index contributed by atoms with van der Waals surface area (Å²) in [6.07, 6.45) is 0.568. The zero-order valence-corrected chi connectivity index (χ0v) is 7.35. The maximum Gasteiger partial charge on any atom is 0.306 e. The third-order valence-electron chi connectivity index (χ3n) is 3.27. The SMILES string of the molecule is O=C1C[C@@H]2C[C@@H](O)[C@@H](CO)[C@@H]2CO1. The molecule has 1 saturated carbocycles. The van der Waals surface area contributed by atoms with Gasteiger partial charge < -0.3 is 14.9 Å². The van der Waals surface area contributed by atoms with E-state index in [4.69, 9.17) is 9.84 Å². The Balaban J connectivity index is 2.08. The summed E-state index contributed by atoms with van der Waals surface area (Å²) in [4.78, 5) is 10.9. The molecule has 0 spiro atoms. The van der Waals surface area contributed by atoms with Gasteiger partial charge in [0, 0.05) is 24.9 Å². The summed E-state index contributed by atoms with van der Waals surface area (Å²) in [7, 11) is 0. The Morgan fingerprint density at radius 2 is 2.31 bits per heavy atom. The van der Waals surface area contributed by atoms with Gasteiger partial charge in [-0.25, -0.2) is 0 Å². The summed E-state index contributed by atoms with van der Waals surface area (Å²) in [6, 6.07) is 0. The molecule has 4 heteroatoms. The van der Waals surface area contributed by atoms with Crippen LogP contribution in [0.1, 0.15) is 12.8 Å². The molecule has 1 saturated heterocycles. The van der Waals surface area contributed by atoms with Crippen molar-refractivity contribution in [1.29, 1.82) is 0 Å². The fourth-order valence-corrected chi connectivity index (χ4v) is 2.51. The van der Waals surface area contributed by atoms with Crippen LogP contribution in [0, 0.1) is 17.8 Å². The van der Waals surface area contributed by atoms with Crippen LogP contribution in [0.2, 0.25) is 0 Å². The Kier molecular flexibility index (Phi) is 2.26. The number of cyclic esters (lactones) is 1. The van der Waals surface area contributed by atoms with Crippen LogP contribution in [0.3, 0.4) is 0 Å². The summed E-state index contributed by atoms with van der Waals surface area (Å²) in [5.41, 5.74) is 0. The highest BCUT2D eigenvalue weighted by Gasteiger charge is 2.45. The molecule has 0 aromatic carbocycles. The molecule has 0 amide bonds. The number of hydrogen-bond donors (Lipinski definition) is 2. The summed E-state index contributed by atoms with van der Waals surface area (Å²) in [6.45, 7) is 0.353. The van der Waals surface area contributed by atoms with Crippen molar-refractivity contribution in [2.24, 2.45) is 17.8 Å². The third kappa shape index (κ3) is 1.44. The minimum absolute atomic E-state index is 0.0140. The molecule has 2 aliphatic rings. The number of esters is 1. The molecule has 2 fully saturated rings. The Labute approximate surface area is 76.5 Å². The zero-order valence-electron chi connectivity index (χ0n) is 7.35. The van der Waals surface area contributed by atoms with Gasteiger partial charge >= 0.3 is 5.97 Å². The molecule has 74 valence electrons. The molecule has 0 bridgehead atoms. The van der Waals surface area contributed by atoms with Crippen LogP contribution in [0.5, 0.6) is 0 Å².